The van der Waals surface area contributed by atoms with Gasteiger partial charge in [0, 0.05) is 17.5 Å². The zero-order valence-electron chi connectivity index (χ0n) is 11.7. The highest BCUT2D eigenvalue weighted by atomic mass is 32.1. The number of carbonyl (C=O) groups is 1. The Kier molecular flexibility index (Phi) is 4.55. The van der Waals surface area contributed by atoms with Crippen LogP contribution in [0.3, 0.4) is 0 Å². The standard InChI is InChI=1S/C15H14N4O2S/c20-13(7-6-11-4-3-9-22-11)17-10-14-18-15(19-21-14)12-5-1-2-8-16-12/h1-5,8-9H,6-7,10H2,(H,17,20). The summed E-state index contributed by atoms with van der Waals surface area (Å²) in [6.07, 6.45) is 2.85. The lowest BCUT2D eigenvalue weighted by Gasteiger charge is -2.00. The summed E-state index contributed by atoms with van der Waals surface area (Å²) in [5, 5.41) is 8.63. The zero-order chi connectivity index (χ0) is 15.2. The normalized spacial score (nSPS) is 10.5. The molecular formula is C15H14N4O2S. The average Bonchev–Trinajstić information content (AvgIpc) is 3.23. The Morgan fingerprint density at radius 1 is 1.27 bits per heavy atom. The van der Waals surface area contributed by atoms with Crippen LogP contribution in [0.5, 0.6) is 0 Å². The lowest BCUT2D eigenvalue weighted by Crippen LogP contribution is -2.23. The molecular weight excluding hydrogens is 300 g/mol. The third-order valence-electron chi connectivity index (χ3n) is 2.98. The van der Waals surface area contributed by atoms with Crippen molar-refractivity contribution < 1.29 is 9.32 Å². The van der Waals surface area contributed by atoms with E-state index < -0.39 is 0 Å². The second-order valence-corrected chi connectivity index (χ2v) is 5.62. The maximum Gasteiger partial charge on any atom is 0.246 e. The van der Waals surface area contributed by atoms with Crippen LogP contribution < -0.4 is 5.32 Å². The lowest BCUT2D eigenvalue weighted by molar-refractivity contribution is -0.121. The van der Waals surface area contributed by atoms with Crippen LogP contribution in [0.1, 0.15) is 17.2 Å². The molecule has 0 fully saturated rings. The smallest absolute Gasteiger partial charge is 0.246 e. The molecule has 0 spiro atoms. The molecule has 0 atom stereocenters. The van der Waals surface area contributed by atoms with Gasteiger partial charge in [-0.25, -0.2) is 0 Å². The van der Waals surface area contributed by atoms with Gasteiger partial charge in [-0.05, 0) is 30.0 Å². The van der Waals surface area contributed by atoms with Gasteiger partial charge >= 0.3 is 0 Å². The van der Waals surface area contributed by atoms with Crippen molar-refractivity contribution in [3.63, 3.8) is 0 Å². The minimum absolute atomic E-state index is 0.0361. The van der Waals surface area contributed by atoms with Gasteiger partial charge in [-0.15, -0.1) is 11.3 Å². The van der Waals surface area contributed by atoms with Crippen LogP contribution in [0.15, 0.2) is 46.4 Å². The van der Waals surface area contributed by atoms with Crippen molar-refractivity contribution in [2.75, 3.05) is 0 Å². The monoisotopic (exact) mass is 314 g/mol. The highest BCUT2D eigenvalue weighted by Crippen LogP contribution is 2.12. The Morgan fingerprint density at radius 2 is 2.23 bits per heavy atom. The molecule has 0 aliphatic heterocycles. The maximum atomic E-state index is 11.8. The second kappa shape index (κ2) is 6.95. The van der Waals surface area contributed by atoms with Gasteiger partial charge in [-0.1, -0.05) is 17.3 Å². The molecule has 0 radical (unpaired) electrons. The number of hydrogen-bond acceptors (Lipinski definition) is 6. The van der Waals surface area contributed by atoms with Crippen LogP contribution >= 0.6 is 11.3 Å². The summed E-state index contributed by atoms with van der Waals surface area (Å²) in [5.41, 5.74) is 0.640. The van der Waals surface area contributed by atoms with Crippen LogP contribution in [0.25, 0.3) is 11.5 Å². The first-order valence-corrected chi connectivity index (χ1v) is 7.72. The topological polar surface area (TPSA) is 80.9 Å². The van der Waals surface area contributed by atoms with Crippen molar-refractivity contribution in [3.05, 3.63) is 52.7 Å². The lowest BCUT2D eigenvalue weighted by atomic mass is 10.2. The minimum Gasteiger partial charge on any atom is -0.347 e. The summed E-state index contributed by atoms with van der Waals surface area (Å²) in [6.45, 7) is 0.225. The van der Waals surface area contributed by atoms with E-state index in [1.54, 1.807) is 23.6 Å². The first kappa shape index (κ1) is 14.4. The molecule has 1 amide bonds. The van der Waals surface area contributed by atoms with E-state index in [2.05, 4.69) is 20.4 Å². The molecule has 22 heavy (non-hydrogen) atoms. The van der Waals surface area contributed by atoms with Gasteiger partial charge in [0.1, 0.15) is 5.69 Å². The molecule has 6 nitrogen and oxygen atoms in total. The minimum atomic E-state index is -0.0361. The van der Waals surface area contributed by atoms with E-state index in [0.29, 0.717) is 23.8 Å². The molecule has 0 saturated heterocycles. The molecule has 3 rings (SSSR count). The molecule has 0 aliphatic carbocycles. The number of nitrogens with one attached hydrogen (secondary N) is 1. The summed E-state index contributed by atoms with van der Waals surface area (Å²) in [6, 6.07) is 9.47. The molecule has 0 bridgehead atoms. The van der Waals surface area contributed by atoms with Gasteiger partial charge < -0.3 is 9.84 Å². The van der Waals surface area contributed by atoms with Crippen molar-refractivity contribution in [1.29, 1.82) is 0 Å². The molecule has 3 aromatic rings. The predicted molar refractivity (Wildman–Crippen MR) is 82.0 cm³/mol. The predicted octanol–water partition coefficient (Wildman–Crippen LogP) is 2.44. The summed E-state index contributed by atoms with van der Waals surface area (Å²) < 4.78 is 5.11. The largest absolute Gasteiger partial charge is 0.347 e. The van der Waals surface area contributed by atoms with E-state index in [-0.39, 0.29) is 12.5 Å². The number of amides is 1. The third kappa shape index (κ3) is 3.76. The van der Waals surface area contributed by atoms with Crippen molar-refractivity contribution in [3.8, 4) is 11.5 Å². The number of aryl methyl sites for hydroxylation is 1. The zero-order valence-corrected chi connectivity index (χ0v) is 12.5. The summed E-state index contributed by atoms with van der Waals surface area (Å²) in [4.78, 5) is 21.3. The number of rotatable bonds is 6. The first-order valence-electron chi connectivity index (χ1n) is 6.84. The van der Waals surface area contributed by atoms with Crippen molar-refractivity contribution >= 4 is 17.2 Å². The number of thiophene rings is 1. The first-order chi connectivity index (χ1) is 10.8. The number of pyridine rings is 1. The van der Waals surface area contributed by atoms with Crippen LogP contribution in [-0.2, 0) is 17.8 Å². The highest BCUT2D eigenvalue weighted by molar-refractivity contribution is 7.09. The van der Waals surface area contributed by atoms with Gasteiger partial charge in [0.15, 0.2) is 0 Å². The molecule has 1 N–H and O–H groups in total. The van der Waals surface area contributed by atoms with E-state index >= 15 is 0 Å². The SMILES string of the molecule is O=C(CCc1cccs1)NCc1nc(-c2ccccn2)no1. The van der Waals surface area contributed by atoms with Crippen molar-refractivity contribution in [2.24, 2.45) is 0 Å². The molecule has 0 aliphatic rings. The Balaban J connectivity index is 1.49. The van der Waals surface area contributed by atoms with Crippen molar-refractivity contribution in [1.82, 2.24) is 20.4 Å². The molecule has 0 unspecified atom stereocenters. The fraction of sp³-hybridized carbons (Fsp3) is 0.200. The Morgan fingerprint density at radius 3 is 3.00 bits per heavy atom. The Bertz CT molecular complexity index is 725. The van der Waals surface area contributed by atoms with Gasteiger partial charge in [0.2, 0.25) is 17.6 Å². The van der Waals surface area contributed by atoms with E-state index in [0.717, 1.165) is 6.42 Å². The highest BCUT2D eigenvalue weighted by Gasteiger charge is 2.10. The number of nitrogens with zero attached hydrogens (tertiary/aromatic N) is 3. The number of aromatic nitrogens is 3. The molecule has 3 heterocycles. The Labute approximate surface area is 131 Å². The quantitative estimate of drug-likeness (QED) is 0.756. The van der Waals surface area contributed by atoms with Crippen LogP contribution in [0.4, 0.5) is 0 Å². The number of carbonyl (C=O) groups excluding carboxylic acids is 1. The molecule has 7 heteroatoms. The Hall–Kier alpha value is -2.54. The molecule has 0 saturated carbocycles. The fourth-order valence-electron chi connectivity index (χ4n) is 1.88. The van der Waals surface area contributed by atoms with Gasteiger partial charge in [0.25, 0.3) is 0 Å². The second-order valence-electron chi connectivity index (χ2n) is 4.58. The van der Waals surface area contributed by atoms with Crippen LogP contribution in [0.2, 0.25) is 0 Å². The number of hydrogen-bond donors (Lipinski definition) is 1. The van der Waals surface area contributed by atoms with Crippen molar-refractivity contribution in [2.45, 2.75) is 19.4 Å². The van der Waals surface area contributed by atoms with E-state index in [1.165, 1.54) is 4.88 Å². The molecule has 3 aromatic heterocycles. The van der Waals surface area contributed by atoms with E-state index in [1.807, 2.05) is 29.6 Å². The van der Waals surface area contributed by atoms with Gasteiger partial charge in [-0.3, -0.25) is 9.78 Å². The van der Waals surface area contributed by atoms with Crippen LogP contribution in [-0.4, -0.2) is 21.0 Å². The molecule has 0 aromatic carbocycles. The summed E-state index contributed by atoms with van der Waals surface area (Å²) >= 11 is 1.65. The maximum absolute atomic E-state index is 11.8. The van der Waals surface area contributed by atoms with Crippen LogP contribution in [0, 0.1) is 0 Å². The van der Waals surface area contributed by atoms with E-state index in [9.17, 15) is 4.79 Å². The third-order valence-corrected chi connectivity index (χ3v) is 3.91. The van der Waals surface area contributed by atoms with E-state index in [4.69, 9.17) is 4.52 Å². The molecule has 112 valence electrons. The van der Waals surface area contributed by atoms with Gasteiger partial charge in [0.05, 0.1) is 6.54 Å². The summed E-state index contributed by atoms with van der Waals surface area (Å²) in [7, 11) is 0. The average molecular weight is 314 g/mol. The summed E-state index contributed by atoms with van der Waals surface area (Å²) in [5.74, 6) is 0.750. The van der Waals surface area contributed by atoms with Gasteiger partial charge in [-0.2, -0.15) is 4.98 Å². The fourth-order valence-corrected chi connectivity index (χ4v) is 2.59.